The second-order valence-electron chi connectivity index (χ2n) is 3.06. The Kier molecular flexibility index (Phi) is 2.77. The molecule has 1 aliphatic rings. The largest absolute Gasteiger partial charge is 0.320 e. The Hall–Kier alpha value is -1.69. The van der Waals surface area contributed by atoms with E-state index in [-0.39, 0.29) is 11.8 Å². The van der Waals surface area contributed by atoms with Crippen molar-refractivity contribution in [2.45, 2.75) is 12.8 Å². The van der Waals surface area contributed by atoms with Gasteiger partial charge < -0.3 is 5.32 Å². The lowest BCUT2D eigenvalue weighted by atomic mass is 10.1. The van der Waals surface area contributed by atoms with Crippen LogP contribution in [0.4, 0.5) is 5.69 Å². The highest BCUT2D eigenvalue weighted by Gasteiger charge is 2.18. The van der Waals surface area contributed by atoms with Gasteiger partial charge in [0.2, 0.25) is 5.91 Å². The first kappa shape index (κ1) is 9.85. The predicted molar refractivity (Wildman–Crippen MR) is 57.8 cm³/mol. The van der Waals surface area contributed by atoms with Gasteiger partial charge in [0.15, 0.2) is 0 Å². The molecule has 1 aromatic rings. The van der Waals surface area contributed by atoms with Crippen LogP contribution >= 0.6 is 11.3 Å². The van der Waals surface area contributed by atoms with Crippen molar-refractivity contribution in [3.63, 3.8) is 0 Å². The van der Waals surface area contributed by atoms with E-state index in [4.69, 9.17) is 0 Å². The van der Waals surface area contributed by atoms with Gasteiger partial charge in [-0.25, -0.2) is 5.43 Å². The van der Waals surface area contributed by atoms with Crippen LogP contribution in [0, 0.1) is 0 Å². The van der Waals surface area contributed by atoms with Crippen molar-refractivity contribution in [2.75, 3.05) is 5.32 Å². The molecule has 0 bridgehead atoms. The molecule has 0 aromatic carbocycles. The van der Waals surface area contributed by atoms with Gasteiger partial charge in [-0.3, -0.25) is 9.59 Å². The number of carbonyl (C=O) groups is 2. The van der Waals surface area contributed by atoms with E-state index in [0.29, 0.717) is 18.6 Å². The minimum absolute atomic E-state index is 0.151. The molecule has 0 spiro atoms. The normalized spacial score (nSPS) is 15.5. The number of nitrogens with one attached hydrogen (secondary N) is 2. The Morgan fingerprint density at radius 3 is 3.00 bits per heavy atom. The number of hydrogen-bond donors (Lipinski definition) is 2. The summed E-state index contributed by atoms with van der Waals surface area (Å²) in [5.74, 6) is -0.407. The van der Waals surface area contributed by atoms with E-state index in [2.05, 4.69) is 15.8 Å². The number of thiophene rings is 1. The van der Waals surface area contributed by atoms with Gasteiger partial charge in [-0.1, -0.05) is 0 Å². The summed E-state index contributed by atoms with van der Waals surface area (Å²) in [6.07, 6.45) is 0.706. The van der Waals surface area contributed by atoms with E-state index in [0.717, 1.165) is 5.69 Å². The fraction of sp³-hybridized carbons (Fsp3) is 0.222. The third kappa shape index (κ3) is 2.41. The maximum atomic E-state index is 11.6. The van der Waals surface area contributed by atoms with Crippen LogP contribution in [0.15, 0.2) is 21.9 Å². The molecule has 2 heterocycles. The number of anilines is 1. The molecule has 0 radical (unpaired) electrons. The SMILES string of the molecule is O=C1CCC(C(=O)Nc2ccsc2)=NN1. The topological polar surface area (TPSA) is 70.6 Å². The van der Waals surface area contributed by atoms with E-state index in [1.165, 1.54) is 11.3 Å². The van der Waals surface area contributed by atoms with E-state index in [1.807, 2.05) is 16.8 Å². The minimum Gasteiger partial charge on any atom is -0.320 e. The molecule has 2 N–H and O–H groups in total. The standard InChI is InChI=1S/C9H9N3O2S/c13-8-2-1-7(11-12-8)9(14)10-6-3-4-15-5-6/h3-5H,1-2H2,(H,10,14)(H,12,13). The second-order valence-corrected chi connectivity index (χ2v) is 3.84. The molecule has 0 saturated carbocycles. The molecule has 1 aliphatic heterocycles. The lowest BCUT2D eigenvalue weighted by Gasteiger charge is -2.10. The summed E-state index contributed by atoms with van der Waals surface area (Å²) in [4.78, 5) is 22.4. The first-order chi connectivity index (χ1) is 7.25. The zero-order chi connectivity index (χ0) is 10.7. The molecule has 5 nitrogen and oxygen atoms in total. The van der Waals surface area contributed by atoms with Gasteiger partial charge in [0.25, 0.3) is 5.91 Å². The lowest BCUT2D eigenvalue weighted by Crippen LogP contribution is -2.32. The van der Waals surface area contributed by atoms with Crippen LogP contribution < -0.4 is 10.7 Å². The molecule has 2 amide bonds. The fourth-order valence-corrected chi connectivity index (χ4v) is 1.76. The molecule has 6 heteroatoms. The van der Waals surface area contributed by atoms with E-state index < -0.39 is 0 Å². The number of carbonyl (C=O) groups excluding carboxylic acids is 2. The third-order valence-electron chi connectivity index (χ3n) is 1.95. The average Bonchev–Trinajstić information content (AvgIpc) is 2.71. The summed E-state index contributed by atoms with van der Waals surface area (Å²) >= 11 is 1.50. The summed E-state index contributed by atoms with van der Waals surface area (Å²) < 4.78 is 0. The highest BCUT2D eigenvalue weighted by molar-refractivity contribution is 7.08. The number of hydrogen-bond acceptors (Lipinski definition) is 4. The van der Waals surface area contributed by atoms with Crippen LogP contribution in [0.25, 0.3) is 0 Å². The first-order valence-electron chi connectivity index (χ1n) is 4.44. The Bertz CT molecular complexity index is 411. The highest BCUT2D eigenvalue weighted by atomic mass is 32.1. The van der Waals surface area contributed by atoms with Gasteiger partial charge >= 0.3 is 0 Å². The molecule has 0 unspecified atom stereocenters. The molecule has 0 fully saturated rings. The van der Waals surface area contributed by atoms with Gasteiger partial charge in [-0.2, -0.15) is 16.4 Å². The average molecular weight is 223 g/mol. The zero-order valence-corrected chi connectivity index (χ0v) is 8.63. The van der Waals surface area contributed by atoms with Gasteiger partial charge in [0.1, 0.15) is 5.71 Å². The predicted octanol–water partition coefficient (Wildman–Crippen LogP) is 0.953. The summed E-state index contributed by atoms with van der Waals surface area (Å²) in [6, 6.07) is 1.81. The van der Waals surface area contributed by atoms with Gasteiger partial charge in [-0.15, -0.1) is 0 Å². The molecular weight excluding hydrogens is 214 g/mol. The summed E-state index contributed by atoms with van der Waals surface area (Å²) in [5, 5.41) is 10.1. The molecule has 1 aromatic heterocycles. The quantitative estimate of drug-likeness (QED) is 0.783. The maximum absolute atomic E-state index is 11.6. The Balaban J connectivity index is 2.00. The van der Waals surface area contributed by atoms with Crippen molar-refractivity contribution >= 4 is 34.6 Å². The van der Waals surface area contributed by atoms with Crippen molar-refractivity contribution in [3.05, 3.63) is 16.8 Å². The van der Waals surface area contributed by atoms with E-state index >= 15 is 0 Å². The summed E-state index contributed by atoms with van der Waals surface area (Å²) in [5.41, 5.74) is 3.40. The van der Waals surface area contributed by atoms with Gasteiger partial charge in [-0.05, 0) is 11.4 Å². The number of amides is 2. The number of nitrogens with zero attached hydrogens (tertiary/aromatic N) is 1. The summed E-state index contributed by atoms with van der Waals surface area (Å²) in [7, 11) is 0. The van der Waals surface area contributed by atoms with Crippen LogP contribution in [0.3, 0.4) is 0 Å². The fourth-order valence-electron chi connectivity index (χ4n) is 1.18. The monoisotopic (exact) mass is 223 g/mol. The third-order valence-corrected chi connectivity index (χ3v) is 2.63. The molecule has 2 rings (SSSR count). The van der Waals surface area contributed by atoms with Gasteiger partial charge in [0.05, 0.1) is 5.69 Å². The molecule has 0 saturated heterocycles. The Morgan fingerprint density at radius 2 is 2.40 bits per heavy atom. The first-order valence-corrected chi connectivity index (χ1v) is 5.39. The Labute approximate surface area is 90.2 Å². The van der Waals surface area contributed by atoms with Gasteiger partial charge in [0, 0.05) is 18.2 Å². The van der Waals surface area contributed by atoms with Crippen LogP contribution in [0.2, 0.25) is 0 Å². The van der Waals surface area contributed by atoms with Crippen molar-refractivity contribution < 1.29 is 9.59 Å². The van der Waals surface area contributed by atoms with Crippen molar-refractivity contribution in [3.8, 4) is 0 Å². The van der Waals surface area contributed by atoms with Crippen LogP contribution in [-0.2, 0) is 9.59 Å². The van der Waals surface area contributed by atoms with Crippen molar-refractivity contribution in [1.82, 2.24) is 5.43 Å². The second kappa shape index (κ2) is 4.22. The van der Waals surface area contributed by atoms with Crippen molar-refractivity contribution in [2.24, 2.45) is 5.10 Å². The van der Waals surface area contributed by atoms with E-state index in [9.17, 15) is 9.59 Å². The number of rotatable bonds is 2. The molecule has 78 valence electrons. The van der Waals surface area contributed by atoms with Crippen LogP contribution in [-0.4, -0.2) is 17.5 Å². The zero-order valence-electron chi connectivity index (χ0n) is 7.82. The number of hydrazone groups is 1. The van der Waals surface area contributed by atoms with Crippen molar-refractivity contribution in [1.29, 1.82) is 0 Å². The van der Waals surface area contributed by atoms with E-state index in [1.54, 1.807) is 0 Å². The molecular formula is C9H9N3O2S. The minimum atomic E-state index is -0.256. The molecule has 0 atom stereocenters. The smallest absolute Gasteiger partial charge is 0.271 e. The Morgan fingerprint density at radius 1 is 1.53 bits per heavy atom. The maximum Gasteiger partial charge on any atom is 0.271 e. The molecule has 15 heavy (non-hydrogen) atoms. The lowest BCUT2D eigenvalue weighted by molar-refractivity contribution is -0.121. The van der Waals surface area contributed by atoms with Crippen LogP contribution in [0.1, 0.15) is 12.8 Å². The highest BCUT2D eigenvalue weighted by Crippen LogP contribution is 2.12. The summed E-state index contributed by atoms with van der Waals surface area (Å²) in [6.45, 7) is 0. The van der Waals surface area contributed by atoms with Crippen LogP contribution in [0.5, 0.6) is 0 Å². The molecule has 0 aliphatic carbocycles.